The summed E-state index contributed by atoms with van der Waals surface area (Å²) in [5.41, 5.74) is 3.91. The van der Waals surface area contributed by atoms with Gasteiger partial charge in [0.2, 0.25) is 5.82 Å². The Morgan fingerprint density at radius 3 is 2.65 bits per heavy atom. The zero-order valence-corrected chi connectivity index (χ0v) is 18.5. The number of aromatic nitrogens is 4. The predicted molar refractivity (Wildman–Crippen MR) is 118 cm³/mol. The molecule has 1 aromatic carbocycles. The highest BCUT2D eigenvalue weighted by atomic mass is 16.5. The SMILES string of the molecule is CCCCOCc1ccc(-c2noc(-c3cnn(C4CCCCC4)c3COC)n2)cc1. The zero-order valence-electron chi connectivity index (χ0n) is 18.5. The minimum absolute atomic E-state index is 0.419. The Kier molecular flexibility index (Phi) is 7.48. The Labute approximate surface area is 183 Å². The maximum absolute atomic E-state index is 5.69. The molecule has 2 aromatic heterocycles. The molecule has 0 bridgehead atoms. The molecule has 1 fully saturated rings. The fourth-order valence-corrected chi connectivity index (χ4v) is 4.12. The highest BCUT2D eigenvalue weighted by molar-refractivity contribution is 5.61. The molecule has 0 radical (unpaired) electrons. The fourth-order valence-electron chi connectivity index (χ4n) is 4.12. The third-order valence-electron chi connectivity index (χ3n) is 5.88. The summed E-state index contributed by atoms with van der Waals surface area (Å²) in [6.45, 7) is 4.05. The third-order valence-corrected chi connectivity index (χ3v) is 5.88. The van der Waals surface area contributed by atoms with Gasteiger partial charge in [-0.15, -0.1) is 0 Å². The summed E-state index contributed by atoms with van der Waals surface area (Å²) in [6, 6.07) is 8.54. The van der Waals surface area contributed by atoms with Crippen LogP contribution in [0.4, 0.5) is 0 Å². The first-order valence-corrected chi connectivity index (χ1v) is 11.4. The number of rotatable bonds is 10. The molecule has 0 unspecified atom stereocenters. The third kappa shape index (κ3) is 5.22. The van der Waals surface area contributed by atoms with E-state index in [1.807, 2.05) is 18.3 Å². The van der Waals surface area contributed by atoms with Gasteiger partial charge in [0.15, 0.2) is 0 Å². The fraction of sp³-hybridized carbons (Fsp3) is 0.542. The lowest BCUT2D eigenvalue weighted by molar-refractivity contribution is 0.118. The lowest BCUT2D eigenvalue weighted by Gasteiger charge is -2.24. The van der Waals surface area contributed by atoms with Gasteiger partial charge in [0, 0.05) is 19.3 Å². The molecular weight excluding hydrogens is 392 g/mol. The Bertz CT molecular complexity index is 942. The molecule has 0 spiro atoms. The molecule has 2 heterocycles. The van der Waals surface area contributed by atoms with Crippen LogP contribution in [0.15, 0.2) is 35.0 Å². The van der Waals surface area contributed by atoms with Gasteiger partial charge < -0.3 is 14.0 Å². The van der Waals surface area contributed by atoms with Gasteiger partial charge in [-0.25, -0.2) is 0 Å². The number of hydrogen-bond donors (Lipinski definition) is 0. The largest absolute Gasteiger partial charge is 0.378 e. The first-order valence-electron chi connectivity index (χ1n) is 11.4. The molecule has 1 saturated carbocycles. The molecule has 31 heavy (non-hydrogen) atoms. The number of unbranched alkanes of at least 4 members (excludes halogenated alkanes) is 1. The molecule has 3 aromatic rings. The van der Waals surface area contributed by atoms with Crippen molar-refractivity contribution in [3.63, 3.8) is 0 Å². The van der Waals surface area contributed by atoms with Crippen LogP contribution in [0, 0.1) is 0 Å². The first-order chi connectivity index (χ1) is 15.3. The molecular formula is C24H32N4O3. The van der Waals surface area contributed by atoms with Crippen molar-refractivity contribution in [2.45, 2.75) is 71.1 Å². The monoisotopic (exact) mass is 424 g/mol. The highest BCUT2D eigenvalue weighted by Crippen LogP contribution is 2.33. The minimum atomic E-state index is 0.419. The topological polar surface area (TPSA) is 75.2 Å². The maximum atomic E-state index is 5.69. The van der Waals surface area contributed by atoms with Crippen molar-refractivity contribution in [1.82, 2.24) is 19.9 Å². The van der Waals surface area contributed by atoms with E-state index in [0.717, 1.165) is 54.7 Å². The van der Waals surface area contributed by atoms with Crippen molar-refractivity contribution in [1.29, 1.82) is 0 Å². The van der Waals surface area contributed by atoms with E-state index >= 15 is 0 Å². The van der Waals surface area contributed by atoms with E-state index in [0.29, 0.717) is 31.0 Å². The first kappa shape index (κ1) is 21.7. The summed E-state index contributed by atoms with van der Waals surface area (Å²) in [5, 5.41) is 8.87. The van der Waals surface area contributed by atoms with Crippen molar-refractivity contribution < 1.29 is 14.0 Å². The second kappa shape index (κ2) is 10.7. The Morgan fingerprint density at radius 2 is 1.90 bits per heavy atom. The molecule has 0 N–H and O–H groups in total. The van der Waals surface area contributed by atoms with Crippen LogP contribution in [0.25, 0.3) is 22.8 Å². The lowest BCUT2D eigenvalue weighted by atomic mass is 9.95. The van der Waals surface area contributed by atoms with Gasteiger partial charge in [-0.1, -0.05) is 62.0 Å². The van der Waals surface area contributed by atoms with Crippen LogP contribution in [0.2, 0.25) is 0 Å². The van der Waals surface area contributed by atoms with Crippen molar-refractivity contribution in [3.05, 3.63) is 41.7 Å². The molecule has 7 heteroatoms. The summed E-state index contributed by atoms with van der Waals surface area (Å²) >= 11 is 0. The molecule has 0 saturated heterocycles. The normalized spacial score (nSPS) is 14.9. The van der Waals surface area contributed by atoms with Crippen molar-refractivity contribution in [3.8, 4) is 22.8 Å². The van der Waals surface area contributed by atoms with Crippen molar-refractivity contribution in [2.24, 2.45) is 0 Å². The maximum Gasteiger partial charge on any atom is 0.261 e. The van der Waals surface area contributed by atoms with Gasteiger partial charge in [-0.05, 0) is 24.8 Å². The Hall–Kier alpha value is -2.51. The molecule has 0 atom stereocenters. The number of nitrogens with zero attached hydrogens (tertiary/aromatic N) is 4. The lowest BCUT2D eigenvalue weighted by Crippen LogP contribution is -2.17. The standard InChI is InChI=1S/C24H32N4O3/c1-3-4-14-30-16-18-10-12-19(13-11-18)23-26-24(31-27-23)21-15-25-28(22(21)17-29-2)20-8-6-5-7-9-20/h10-13,15,20H,3-9,14,16-17H2,1-2H3. The quantitative estimate of drug-likeness (QED) is 0.396. The Balaban J connectivity index is 1.50. The summed E-state index contributed by atoms with van der Waals surface area (Å²) in [4.78, 5) is 4.65. The summed E-state index contributed by atoms with van der Waals surface area (Å²) in [6.07, 6.45) is 10.2. The van der Waals surface area contributed by atoms with Crippen LogP contribution < -0.4 is 0 Å². The van der Waals surface area contributed by atoms with Gasteiger partial charge in [-0.3, -0.25) is 4.68 Å². The van der Waals surface area contributed by atoms with Gasteiger partial charge in [0.05, 0.1) is 36.7 Å². The highest BCUT2D eigenvalue weighted by Gasteiger charge is 2.24. The van der Waals surface area contributed by atoms with E-state index in [1.54, 1.807) is 7.11 Å². The van der Waals surface area contributed by atoms with Crippen molar-refractivity contribution in [2.75, 3.05) is 13.7 Å². The average Bonchev–Trinajstić information content (AvgIpc) is 3.45. The van der Waals surface area contributed by atoms with Gasteiger partial charge >= 0.3 is 0 Å². The van der Waals surface area contributed by atoms with Crippen LogP contribution in [0.3, 0.4) is 0 Å². The van der Waals surface area contributed by atoms with E-state index in [-0.39, 0.29) is 0 Å². The van der Waals surface area contributed by atoms with Gasteiger partial charge in [0.1, 0.15) is 0 Å². The van der Waals surface area contributed by atoms with Gasteiger partial charge in [0.25, 0.3) is 5.89 Å². The van der Waals surface area contributed by atoms with Crippen LogP contribution in [0.5, 0.6) is 0 Å². The summed E-state index contributed by atoms with van der Waals surface area (Å²) < 4.78 is 18.9. The molecule has 166 valence electrons. The van der Waals surface area contributed by atoms with E-state index < -0.39 is 0 Å². The molecule has 0 aliphatic heterocycles. The van der Waals surface area contributed by atoms with E-state index in [4.69, 9.17) is 14.0 Å². The van der Waals surface area contributed by atoms with Crippen molar-refractivity contribution >= 4 is 0 Å². The van der Waals surface area contributed by atoms with Crippen LogP contribution in [0.1, 0.15) is 69.2 Å². The summed E-state index contributed by atoms with van der Waals surface area (Å²) in [5.74, 6) is 1.05. The number of hydrogen-bond acceptors (Lipinski definition) is 6. The second-order valence-corrected chi connectivity index (χ2v) is 8.20. The van der Waals surface area contributed by atoms with Crippen LogP contribution in [-0.4, -0.2) is 33.6 Å². The Morgan fingerprint density at radius 1 is 1.10 bits per heavy atom. The van der Waals surface area contributed by atoms with E-state index in [9.17, 15) is 0 Å². The number of benzene rings is 1. The van der Waals surface area contributed by atoms with Crippen LogP contribution in [-0.2, 0) is 22.7 Å². The average molecular weight is 425 g/mol. The minimum Gasteiger partial charge on any atom is -0.378 e. The second-order valence-electron chi connectivity index (χ2n) is 8.20. The molecule has 7 nitrogen and oxygen atoms in total. The molecule has 0 amide bonds. The van der Waals surface area contributed by atoms with Gasteiger partial charge in [-0.2, -0.15) is 10.1 Å². The molecule has 1 aliphatic rings. The number of ether oxygens (including phenoxy) is 2. The van der Waals surface area contributed by atoms with E-state index in [2.05, 4.69) is 39.0 Å². The molecule has 1 aliphatic carbocycles. The van der Waals surface area contributed by atoms with E-state index in [1.165, 1.54) is 19.3 Å². The number of methoxy groups -OCH3 is 1. The molecule has 4 rings (SSSR count). The smallest absolute Gasteiger partial charge is 0.261 e. The zero-order chi connectivity index (χ0) is 21.5. The predicted octanol–water partition coefficient (Wildman–Crippen LogP) is 5.57. The summed E-state index contributed by atoms with van der Waals surface area (Å²) in [7, 11) is 1.70. The van der Waals surface area contributed by atoms with Crippen LogP contribution >= 0.6 is 0 Å².